The van der Waals surface area contributed by atoms with Crippen molar-refractivity contribution in [2.45, 2.75) is 44.8 Å². The number of benzene rings is 3. The summed E-state index contributed by atoms with van der Waals surface area (Å²) in [4.78, 5) is 18.6. The fourth-order valence-corrected chi connectivity index (χ4v) is 4.35. The van der Waals surface area contributed by atoms with Gasteiger partial charge in [0.25, 0.3) is 5.91 Å². The van der Waals surface area contributed by atoms with Gasteiger partial charge in [-0.1, -0.05) is 72.3 Å². The summed E-state index contributed by atoms with van der Waals surface area (Å²) >= 11 is 0. The quantitative estimate of drug-likeness (QED) is 0.330. The Morgan fingerprint density at radius 1 is 1.08 bits per heavy atom. The van der Waals surface area contributed by atoms with Crippen molar-refractivity contribution in [3.8, 4) is 5.75 Å². The van der Waals surface area contributed by atoms with Crippen LogP contribution in [0, 0.1) is 6.92 Å². The Bertz CT molecular complexity index is 1240. The van der Waals surface area contributed by atoms with Crippen LogP contribution in [0.15, 0.2) is 89.9 Å². The highest BCUT2D eigenvalue weighted by Crippen LogP contribution is 2.33. The second kappa shape index (κ2) is 13.1. The molecule has 0 unspecified atom stereocenters. The van der Waals surface area contributed by atoms with E-state index < -0.39 is 11.6 Å². The summed E-state index contributed by atoms with van der Waals surface area (Å²) in [7, 11) is 0. The molecule has 6 nitrogen and oxygen atoms in total. The highest BCUT2D eigenvalue weighted by Gasteiger charge is 2.49. The van der Waals surface area contributed by atoms with Gasteiger partial charge in [-0.2, -0.15) is 0 Å². The molecule has 0 bridgehead atoms. The maximum absolute atomic E-state index is 13.7. The van der Waals surface area contributed by atoms with E-state index in [1.807, 2.05) is 73.7 Å². The van der Waals surface area contributed by atoms with Gasteiger partial charge < -0.3 is 19.9 Å². The number of aryl methyl sites for hydroxylation is 1. The number of carbonyl (C=O) groups excluding carboxylic acids is 1. The smallest absolute Gasteiger partial charge is 0.252 e. The minimum absolute atomic E-state index is 0.0918. The number of hydrogen-bond acceptors (Lipinski definition) is 5. The van der Waals surface area contributed by atoms with Crippen molar-refractivity contribution in [1.82, 2.24) is 5.32 Å². The van der Waals surface area contributed by atoms with Gasteiger partial charge in [0.05, 0.1) is 6.61 Å². The molecule has 3 aromatic rings. The number of rotatable bonds is 12. The van der Waals surface area contributed by atoms with E-state index in [2.05, 4.69) is 36.5 Å². The fourth-order valence-electron chi connectivity index (χ4n) is 4.35. The van der Waals surface area contributed by atoms with Crippen molar-refractivity contribution in [2.75, 3.05) is 19.8 Å². The van der Waals surface area contributed by atoms with Crippen LogP contribution in [0.1, 0.15) is 42.0 Å². The third-order valence-corrected chi connectivity index (χ3v) is 6.69. The van der Waals surface area contributed by atoms with Gasteiger partial charge in [-0.3, -0.25) is 4.79 Å². The standard InChI is InChI=1S/C32H36N2O4/c1-24-11-13-27(14-12-24)19-21-33-31(36)32(20-6-10-26-8-4-3-5-9-26)25(2)38-30(34-32)28-15-17-29(18-16-28)37-23-7-22-35/h3-6,8-18,25,35H,7,19-23H2,1-2H3,(H,33,36)/b10-6+/t25-,32-/m1/s1. The Morgan fingerprint density at radius 3 is 2.53 bits per heavy atom. The predicted molar refractivity (Wildman–Crippen MR) is 151 cm³/mol. The lowest BCUT2D eigenvalue weighted by atomic mass is 9.89. The predicted octanol–water partition coefficient (Wildman–Crippen LogP) is 5.12. The Balaban J connectivity index is 1.52. The van der Waals surface area contributed by atoms with Crippen molar-refractivity contribution >= 4 is 17.9 Å². The van der Waals surface area contributed by atoms with E-state index in [-0.39, 0.29) is 12.5 Å². The average molecular weight is 513 g/mol. The Morgan fingerprint density at radius 2 is 1.82 bits per heavy atom. The van der Waals surface area contributed by atoms with Crippen molar-refractivity contribution in [1.29, 1.82) is 0 Å². The summed E-state index contributed by atoms with van der Waals surface area (Å²) in [6.07, 6.45) is 5.29. The molecule has 2 N–H and O–H groups in total. The molecule has 0 saturated heterocycles. The SMILES string of the molecule is Cc1ccc(CCNC(=O)[C@]2(C/C=C/c3ccccc3)N=C(c3ccc(OCCCO)cc3)O[C@@H]2C)cc1. The summed E-state index contributed by atoms with van der Waals surface area (Å²) in [5.41, 5.74) is 3.16. The lowest BCUT2D eigenvalue weighted by molar-refractivity contribution is -0.128. The number of carbonyl (C=O) groups is 1. The van der Waals surface area contributed by atoms with Gasteiger partial charge >= 0.3 is 0 Å². The number of aliphatic imine (C=N–C) groups is 1. The van der Waals surface area contributed by atoms with E-state index in [4.69, 9.17) is 19.6 Å². The highest BCUT2D eigenvalue weighted by molar-refractivity contribution is 6.00. The van der Waals surface area contributed by atoms with E-state index in [9.17, 15) is 4.79 Å². The zero-order valence-corrected chi connectivity index (χ0v) is 22.1. The van der Waals surface area contributed by atoms with Gasteiger partial charge in [-0.15, -0.1) is 0 Å². The molecule has 0 spiro atoms. The maximum Gasteiger partial charge on any atom is 0.252 e. The van der Waals surface area contributed by atoms with Crippen molar-refractivity contribution < 1.29 is 19.4 Å². The number of ether oxygens (including phenoxy) is 2. The average Bonchev–Trinajstić information content (AvgIpc) is 3.28. The van der Waals surface area contributed by atoms with E-state index in [0.29, 0.717) is 37.6 Å². The first-order valence-electron chi connectivity index (χ1n) is 13.2. The topological polar surface area (TPSA) is 80.2 Å². The highest BCUT2D eigenvalue weighted by atomic mass is 16.5. The zero-order chi connectivity index (χ0) is 26.8. The molecule has 0 fully saturated rings. The van der Waals surface area contributed by atoms with Crippen LogP contribution in [-0.2, 0) is 16.0 Å². The minimum Gasteiger partial charge on any atom is -0.494 e. The fraction of sp³-hybridized carbons (Fsp3) is 0.312. The van der Waals surface area contributed by atoms with Crippen molar-refractivity contribution in [2.24, 2.45) is 4.99 Å². The molecule has 198 valence electrons. The van der Waals surface area contributed by atoms with Crippen LogP contribution < -0.4 is 10.1 Å². The van der Waals surface area contributed by atoms with Crippen molar-refractivity contribution in [3.63, 3.8) is 0 Å². The number of nitrogens with one attached hydrogen (secondary N) is 1. The Hall–Kier alpha value is -3.90. The molecule has 2 atom stereocenters. The number of nitrogens with zero attached hydrogens (tertiary/aromatic N) is 1. The summed E-state index contributed by atoms with van der Waals surface area (Å²) in [6, 6.07) is 25.8. The first kappa shape index (κ1) is 27.1. The van der Waals surface area contributed by atoms with Gasteiger partial charge in [-0.25, -0.2) is 4.99 Å². The monoisotopic (exact) mass is 512 g/mol. The molecule has 0 saturated carbocycles. The molecule has 0 aliphatic carbocycles. The first-order valence-corrected chi connectivity index (χ1v) is 13.2. The minimum atomic E-state index is -1.08. The summed E-state index contributed by atoms with van der Waals surface area (Å²) in [6.45, 7) is 5.02. The number of hydrogen-bond donors (Lipinski definition) is 2. The van der Waals surface area contributed by atoms with Crippen LogP contribution in [-0.4, -0.2) is 48.3 Å². The number of aliphatic hydroxyl groups is 1. The zero-order valence-electron chi connectivity index (χ0n) is 22.1. The molecule has 1 heterocycles. The van der Waals surface area contributed by atoms with Crippen LogP contribution in [0.3, 0.4) is 0 Å². The molecule has 1 aliphatic rings. The van der Waals surface area contributed by atoms with Gasteiger partial charge in [0.15, 0.2) is 5.54 Å². The third kappa shape index (κ3) is 6.90. The van der Waals surface area contributed by atoms with Crippen molar-refractivity contribution in [3.05, 3.63) is 107 Å². The molecule has 1 amide bonds. The maximum atomic E-state index is 13.7. The molecule has 1 aliphatic heterocycles. The number of aliphatic hydroxyl groups excluding tert-OH is 1. The lowest BCUT2D eigenvalue weighted by Gasteiger charge is -2.27. The third-order valence-electron chi connectivity index (χ3n) is 6.69. The molecule has 0 radical (unpaired) electrons. The largest absolute Gasteiger partial charge is 0.494 e. The normalized spacial score (nSPS) is 18.7. The van der Waals surface area contributed by atoms with E-state index >= 15 is 0 Å². The van der Waals surface area contributed by atoms with E-state index in [1.165, 1.54) is 11.1 Å². The molecule has 4 rings (SSSR count). The Kier molecular flexibility index (Phi) is 9.33. The van der Waals surface area contributed by atoms with Gasteiger partial charge in [0, 0.05) is 31.6 Å². The number of amides is 1. The van der Waals surface area contributed by atoms with Crippen LogP contribution >= 0.6 is 0 Å². The molecule has 38 heavy (non-hydrogen) atoms. The van der Waals surface area contributed by atoms with Gasteiger partial charge in [0.2, 0.25) is 5.90 Å². The van der Waals surface area contributed by atoms with Crippen LogP contribution in [0.5, 0.6) is 5.75 Å². The van der Waals surface area contributed by atoms with E-state index in [0.717, 1.165) is 17.5 Å². The van der Waals surface area contributed by atoms with E-state index in [1.54, 1.807) is 0 Å². The van der Waals surface area contributed by atoms with Gasteiger partial charge in [-0.05, 0) is 55.7 Å². The molecular weight excluding hydrogens is 476 g/mol. The van der Waals surface area contributed by atoms with Crippen LogP contribution in [0.2, 0.25) is 0 Å². The first-order chi connectivity index (χ1) is 18.5. The summed E-state index contributed by atoms with van der Waals surface area (Å²) in [5.74, 6) is 1.01. The van der Waals surface area contributed by atoms with Crippen LogP contribution in [0.4, 0.5) is 0 Å². The van der Waals surface area contributed by atoms with Gasteiger partial charge in [0.1, 0.15) is 11.9 Å². The summed E-state index contributed by atoms with van der Waals surface area (Å²) in [5, 5.41) is 12.1. The molecule has 0 aromatic heterocycles. The second-order valence-electron chi connectivity index (χ2n) is 9.56. The summed E-state index contributed by atoms with van der Waals surface area (Å²) < 4.78 is 11.8. The van der Waals surface area contributed by atoms with Crippen LogP contribution in [0.25, 0.3) is 6.08 Å². The molecule has 6 heteroatoms. The Labute approximate surface area is 225 Å². The second-order valence-corrected chi connectivity index (χ2v) is 9.56. The molecular formula is C32H36N2O4. The molecule has 3 aromatic carbocycles. The lowest BCUT2D eigenvalue weighted by Crippen LogP contribution is -2.51.